The van der Waals surface area contributed by atoms with E-state index in [1.165, 1.54) is 13.1 Å². The molecule has 0 bridgehead atoms. The molecule has 0 spiro atoms. The van der Waals surface area contributed by atoms with Gasteiger partial charge in [0.25, 0.3) is 6.47 Å². The Labute approximate surface area is 221 Å². The predicted molar refractivity (Wildman–Crippen MR) is 139 cm³/mol. The first kappa shape index (κ1) is 30.1. The van der Waals surface area contributed by atoms with Crippen molar-refractivity contribution in [3.63, 3.8) is 0 Å². The maximum atomic E-state index is 15.6. The van der Waals surface area contributed by atoms with Gasteiger partial charge in [0.1, 0.15) is 5.78 Å². The van der Waals surface area contributed by atoms with Gasteiger partial charge >= 0.3 is 0 Å². The highest BCUT2D eigenvalue weighted by Crippen LogP contribution is 2.53. The van der Waals surface area contributed by atoms with Gasteiger partial charge in [-0.3, -0.25) is 14.5 Å². The molecular weight excluding hydrogens is 501 g/mol. The van der Waals surface area contributed by atoms with Gasteiger partial charge in [0.15, 0.2) is 11.5 Å². The third-order valence-corrected chi connectivity index (χ3v) is 6.08. The fourth-order valence-electron chi connectivity index (χ4n) is 4.76. The summed E-state index contributed by atoms with van der Waals surface area (Å²) in [6, 6.07) is 7.51. The molecule has 3 heterocycles. The van der Waals surface area contributed by atoms with Gasteiger partial charge in [0.2, 0.25) is 5.95 Å². The second kappa shape index (κ2) is 11.9. The third-order valence-electron chi connectivity index (χ3n) is 5.83. The minimum absolute atomic E-state index is 0.0177. The van der Waals surface area contributed by atoms with Crippen molar-refractivity contribution in [3.8, 4) is 11.1 Å². The number of carbonyl (C=O) groups is 2. The Morgan fingerprint density at radius 3 is 2.32 bits per heavy atom. The summed E-state index contributed by atoms with van der Waals surface area (Å²) < 4.78 is 21.3. The van der Waals surface area contributed by atoms with Gasteiger partial charge in [-0.05, 0) is 52.8 Å². The lowest BCUT2D eigenvalue weighted by Crippen LogP contribution is -2.57. The van der Waals surface area contributed by atoms with Crippen molar-refractivity contribution in [3.05, 3.63) is 70.1 Å². The molecule has 1 aliphatic rings. The Morgan fingerprint density at radius 1 is 1.24 bits per heavy atom. The Morgan fingerprint density at radius 2 is 1.81 bits per heavy atom. The minimum Gasteiger partial charge on any atom is -0.483 e. The van der Waals surface area contributed by atoms with Crippen molar-refractivity contribution in [2.45, 2.75) is 72.2 Å². The molecule has 8 nitrogen and oxygen atoms in total. The smallest absolute Gasteiger partial charge is 0.290 e. The zero-order valence-corrected chi connectivity index (χ0v) is 22.8. The second-order valence-electron chi connectivity index (χ2n) is 9.28. The summed E-state index contributed by atoms with van der Waals surface area (Å²) >= 11 is 6.11. The van der Waals surface area contributed by atoms with E-state index in [2.05, 4.69) is 10.1 Å². The van der Waals surface area contributed by atoms with E-state index in [-0.39, 0.29) is 24.2 Å². The molecular formula is C27H33ClFN3O5. The number of benzene rings is 1. The first-order valence-electron chi connectivity index (χ1n) is 11.8. The summed E-state index contributed by atoms with van der Waals surface area (Å²) in [5.41, 5.74) is -0.823. The quantitative estimate of drug-likeness (QED) is 0.316. The van der Waals surface area contributed by atoms with Crippen LogP contribution < -0.4 is 0 Å². The summed E-state index contributed by atoms with van der Waals surface area (Å²) in [5, 5.41) is 24.0. The Kier molecular flexibility index (Phi) is 9.71. The van der Waals surface area contributed by atoms with Crippen LogP contribution in [0.2, 0.25) is 5.02 Å². The average molecular weight is 534 g/mol. The summed E-state index contributed by atoms with van der Waals surface area (Å²) in [5.74, 6) is -0.513. The number of hydrogen-bond donors (Lipinski definition) is 2. The van der Waals surface area contributed by atoms with Gasteiger partial charge in [0, 0.05) is 39.9 Å². The number of Topliss-reactive ketones (excluding diaryl/α,β-unsaturated/α-hetero) is 1. The van der Waals surface area contributed by atoms with Crippen LogP contribution >= 0.6 is 11.6 Å². The monoisotopic (exact) mass is 533 g/mol. The van der Waals surface area contributed by atoms with Gasteiger partial charge in [0.05, 0.1) is 17.3 Å². The van der Waals surface area contributed by atoms with Gasteiger partial charge in [-0.25, -0.2) is 4.98 Å². The molecule has 0 saturated heterocycles. The molecule has 0 saturated carbocycles. The van der Waals surface area contributed by atoms with Gasteiger partial charge in [-0.1, -0.05) is 42.7 Å². The van der Waals surface area contributed by atoms with Crippen LogP contribution in [-0.2, 0) is 15.3 Å². The van der Waals surface area contributed by atoms with E-state index in [4.69, 9.17) is 26.0 Å². The van der Waals surface area contributed by atoms with Crippen LogP contribution in [0, 0.1) is 12.9 Å². The highest BCUT2D eigenvalue weighted by atomic mass is 35.5. The molecule has 1 unspecified atom stereocenters. The van der Waals surface area contributed by atoms with Crippen molar-refractivity contribution in [2.24, 2.45) is 0 Å². The predicted octanol–water partition coefficient (Wildman–Crippen LogP) is 5.89. The molecule has 0 amide bonds. The van der Waals surface area contributed by atoms with Crippen LogP contribution in [-0.4, -0.2) is 43.0 Å². The van der Waals surface area contributed by atoms with E-state index < -0.39 is 23.3 Å². The number of ketones is 1. The molecule has 3 aromatic rings. The molecule has 0 fully saturated rings. The Balaban J connectivity index is 0.000000898. The summed E-state index contributed by atoms with van der Waals surface area (Å²) in [7, 11) is 0. The van der Waals surface area contributed by atoms with E-state index in [9.17, 15) is 9.90 Å². The van der Waals surface area contributed by atoms with Crippen LogP contribution in [0.5, 0.6) is 0 Å². The number of pyridine rings is 1. The normalized spacial score (nSPS) is 18.7. The van der Waals surface area contributed by atoms with Gasteiger partial charge in [-0.15, -0.1) is 0 Å². The molecule has 2 atom stereocenters. The fourth-order valence-corrected chi connectivity index (χ4v) is 4.88. The number of halogens is 2. The molecule has 0 radical (unpaired) electrons. The molecule has 200 valence electrons. The summed E-state index contributed by atoms with van der Waals surface area (Å²) in [6.07, 6.45) is 1.39. The second-order valence-corrected chi connectivity index (χ2v) is 9.72. The number of nitrogens with zero attached hydrogens (tertiary/aromatic N) is 3. The average Bonchev–Trinajstić information content (AvgIpc) is 3.16. The number of carboxylic acid groups (broad SMARTS) is 1. The van der Waals surface area contributed by atoms with E-state index in [0.717, 1.165) is 0 Å². The largest absolute Gasteiger partial charge is 0.483 e. The number of fused-ring (bicyclic) bond motifs is 3. The molecule has 2 N–H and O–H groups in total. The van der Waals surface area contributed by atoms with Crippen LogP contribution in [0.15, 0.2) is 41.1 Å². The highest BCUT2D eigenvalue weighted by Gasteiger charge is 2.54. The van der Waals surface area contributed by atoms with Crippen molar-refractivity contribution < 1.29 is 28.7 Å². The first-order valence-corrected chi connectivity index (χ1v) is 12.2. The molecule has 37 heavy (non-hydrogen) atoms. The van der Waals surface area contributed by atoms with E-state index >= 15 is 4.39 Å². The zero-order valence-electron chi connectivity index (χ0n) is 22.0. The van der Waals surface area contributed by atoms with Crippen LogP contribution in [0.1, 0.15) is 76.6 Å². The summed E-state index contributed by atoms with van der Waals surface area (Å²) in [4.78, 5) is 26.3. The number of aromatic nitrogens is 2. The number of aryl methyl sites for hydroxylation is 1. The summed E-state index contributed by atoms with van der Waals surface area (Å²) in [6.45, 7) is 12.7. The number of hydrogen-bond acceptors (Lipinski definition) is 7. The number of carbonyl (C=O) groups excluding carboxylic acids is 1. The molecule has 4 rings (SSSR count). The number of aliphatic hydroxyl groups is 1. The van der Waals surface area contributed by atoms with E-state index in [1.807, 2.05) is 34.6 Å². The maximum absolute atomic E-state index is 15.6. The van der Waals surface area contributed by atoms with Gasteiger partial charge < -0.3 is 14.7 Å². The van der Waals surface area contributed by atoms with Crippen LogP contribution in [0.3, 0.4) is 0 Å². The van der Waals surface area contributed by atoms with Crippen molar-refractivity contribution >= 4 is 23.9 Å². The molecule has 10 heteroatoms. The first-order chi connectivity index (χ1) is 17.4. The zero-order chi connectivity index (χ0) is 28.1. The SMILES string of the molecule is CC.CC(=O)C[C@H]1c2onc(C)c2-c2ccnc(F)c2C(O)(c2ccc(Cl)cc2)N1C(C)(C)C.O=CO. The van der Waals surface area contributed by atoms with E-state index in [0.29, 0.717) is 33.2 Å². The number of rotatable bonds is 3. The highest BCUT2D eigenvalue weighted by molar-refractivity contribution is 6.30. The van der Waals surface area contributed by atoms with Crippen molar-refractivity contribution in [1.82, 2.24) is 15.0 Å². The molecule has 1 aromatic carbocycles. The lowest BCUT2D eigenvalue weighted by Gasteiger charge is -2.50. The lowest BCUT2D eigenvalue weighted by atomic mass is 9.85. The standard InChI is InChI=1S/C24H25ClFN3O3.C2H6.CH2O2/c1-13(30)12-18-21-19(14(2)28-32-21)17-10-11-27-22(26)20(17)24(31,29(18)23(3,4)5)15-6-8-16(25)9-7-15;1-2;2-1-3/h6-11,18,31H,12H2,1-5H3;1-2H3;1H,(H,2,3)/t18-,24?;;/m0../s1. The van der Waals surface area contributed by atoms with Gasteiger partial charge in [-0.2, -0.15) is 4.39 Å². The van der Waals surface area contributed by atoms with Crippen molar-refractivity contribution in [2.75, 3.05) is 0 Å². The molecule has 0 aliphatic carbocycles. The van der Waals surface area contributed by atoms with E-state index in [1.54, 1.807) is 42.2 Å². The Hall–Kier alpha value is -3.14. The molecule has 2 aromatic heterocycles. The third kappa shape index (κ3) is 5.74. The Bertz CT molecular complexity index is 1240. The minimum atomic E-state index is -1.98. The van der Waals surface area contributed by atoms with Crippen LogP contribution in [0.4, 0.5) is 4.39 Å². The van der Waals surface area contributed by atoms with Crippen LogP contribution in [0.25, 0.3) is 11.1 Å². The maximum Gasteiger partial charge on any atom is 0.290 e. The van der Waals surface area contributed by atoms with Crippen molar-refractivity contribution in [1.29, 1.82) is 0 Å². The molecule has 1 aliphatic heterocycles. The fraction of sp³-hybridized carbons (Fsp3) is 0.407. The topological polar surface area (TPSA) is 117 Å². The lowest BCUT2D eigenvalue weighted by molar-refractivity contribution is -0.158.